The predicted octanol–water partition coefficient (Wildman–Crippen LogP) is 3.05. The van der Waals surface area contributed by atoms with Crippen LogP contribution in [0.15, 0.2) is 24.3 Å². The van der Waals surface area contributed by atoms with Crippen LogP contribution in [-0.4, -0.2) is 41.1 Å². The summed E-state index contributed by atoms with van der Waals surface area (Å²) in [5, 5.41) is 9.40. The number of piperidine rings is 1. The molecule has 0 spiro atoms. The van der Waals surface area contributed by atoms with Crippen LogP contribution in [0.25, 0.3) is 0 Å². The van der Waals surface area contributed by atoms with Crippen LogP contribution < -0.4 is 4.74 Å². The largest absolute Gasteiger partial charge is 0.493 e. The minimum Gasteiger partial charge on any atom is -0.493 e. The number of carbonyl (C=O) groups is 2. The van der Waals surface area contributed by atoms with E-state index in [-0.39, 0.29) is 5.91 Å². The number of rotatable bonds is 5. The highest BCUT2D eigenvalue weighted by atomic mass is 16.5. The normalized spacial score (nSPS) is 21.3. The number of amides is 1. The minimum atomic E-state index is -0.933. The molecule has 0 bridgehead atoms. The van der Waals surface area contributed by atoms with Crippen LogP contribution in [0.1, 0.15) is 44.0 Å². The molecule has 23 heavy (non-hydrogen) atoms. The number of hydrogen-bond acceptors (Lipinski definition) is 3. The Balaban J connectivity index is 2.15. The monoisotopic (exact) mass is 319 g/mol. The van der Waals surface area contributed by atoms with E-state index in [2.05, 4.69) is 13.8 Å². The predicted molar refractivity (Wildman–Crippen MR) is 87.6 cm³/mol. The van der Waals surface area contributed by atoms with E-state index in [1.54, 1.807) is 18.2 Å². The Kier molecular flexibility index (Phi) is 5.64. The van der Waals surface area contributed by atoms with E-state index in [4.69, 9.17) is 4.74 Å². The van der Waals surface area contributed by atoms with Gasteiger partial charge in [-0.05, 0) is 42.9 Å². The van der Waals surface area contributed by atoms with Gasteiger partial charge in [0.05, 0.1) is 6.61 Å². The summed E-state index contributed by atoms with van der Waals surface area (Å²) in [6, 6.07) is 6.24. The molecular weight excluding hydrogens is 294 g/mol. The third-order valence-corrected chi connectivity index (χ3v) is 4.07. The first-order valence-electron chi connectivity index (χ1n) is 8.15. The highest BCUT2D eigenvalue weighted by molar-refractivity contribution is 5.97. The summed E-state index contributed by atoms with van der Waals surface area (Å²) >= 11 is 0. The zero-order chi connectivity index (χ0) is 17.0. The van der Waals surface area contributed by atoms with Gasteiger partial charge in [-0.15, -0.1) is 0 Å². The van der Waals surface area contributed by atoms with Gasteiger partial charge < -0.3 is 14.7 Å². The number of carboxylic acids is 1. The van der Waals surface area contributed by atoms with Crippen molar-refractivity contribution in [3.05, 3.63) is 29.8 Å². The van der Waals surface area contributed by atoms with Crippen LogP contribution in [0.5, 0.6) is 5.75 Å². The van der Waals surface area contributed by atoms with Crippen molar-refractivity contribution in [1.82, 2.24) is 4.90 Å². The molecule has 0 aromatic heterocycles. The third kappa shape index (κ3) is 4.47. The fourth-order valence-corrected chi connectivity index (χ4v) is 2.77. The molecule has 1 N–H and O–H groups in total. The molecule has 1 saturated heterocycles. The molecular formula is C18H25NO4. The number of carbonyl (C=O) groups excluding carboxylic acids is 1. The van der Waals surface area contributed by atoms with Crippen molar-refractivity contribution < 1.29 is 19.4 Å². The van der Waals surface area contributed by atoms with E-state index in [9.17, 15) is 14.7 Å². The van der Waals surface area contributed by atoms with Gasteiger partial charge in [-0.2, -0.15) is 0 Å². The second kappa shape index (κ2) is 7.49. The van der Waals surface area contributed by atoms with Gasteiger partial charge in [0.1, 0.15) is 11.8 Å². The SMILES string of the molecule is CC(C)COc1cccc(C(=O)N2CCC(C)CC2C(=O)O)c1. The summed E-state index contributed by atoms with van der Waals surface area (Å²) in [5.41, 5.74) is 0.479. The van der Waals surface area contributed by atoms with Crippen LogP contribution in [0, 0.1) is 11.8 Å². The Labute approximate surface area is 137 Å². The molecule has 2 atom stereocenters. The zero-order valence-corrected chi connectivity index (χ0v) is 14.0. The molecule has 1 aliphatic rings. The average molecular weight is 319 g/mol. The molecule has 1 amide bonds. The van der Waals surface area contributed by atoms with Crippen LogP contribution >= 0.6 is 0 Å². The Hall–Kier alpha value is -2.04. The Morgan fingerprint density at radius 2 is 2.13 bits per heavy atom. The summed E-state index contributed by atoms with van der Waals surface area (Å²) in [5.74, 6) is 0.188. The average Bonchev–Trinajstić information content (AvgIpc) is 2.52. The van der Waals surface area contributed by atoms with Crippen molar-refractivity contribution in [2.24, 2.45) is 11.8 Å². The molecule has 5 heteroatoms. The first kappa shape index (κ1) is 17.3. The lowest BCUT2D eigenvalue weighted by Gasteiger charge is -2.36. The number of likely N-dealkylation sites (tertiary alicyclic amines) is 1. The molecule has 1 heterocycles. The maximum absolute atomic E-state index is 12.7. The van der Waals surface area contributed by atoms with Crippen LogP contribution in [0.4, 0.5) is 0 Å². The highest BCUT2D eigenvalue weighted by Crippen LogP contribution is 2.25. The van der Waals surface area contributed by atoms with Crippen molar-refractivity contribution in [2.75, 3.05) is 13.2 Å². The van der Waals surface area contributed by atoms with E-state index in [0.717, 1.165) is 6.42 Å². The van der Waals surface area contributed by atoms with Crippen LogP contribution in [0.2, 0.25) is 0 Å². The molecule has 2 rings (SSSR count). The first-order valence-corrected chi connectivity index (χ1v) is 8.15. The number of nitrogens with zero attached hydrogens (tertiary/aromatic N) is 1. The Morgan fingerprint density at radius 1 is 1.39 bits per heavy atom. The fraction of sp³-hybridized carbons (Fsp3) is 0.556. The van der Waals surface area contributed by atoms with Crippen LogP contribution in [-0.2, 0) is 4.79 Å². The summed E-state index contributed by atoms with van der Waals surface area (Å²) in [6.07, 6.45) is 1.34. The maximum Gasteiger partial charge on any atom is 0.326 e. The van der Waals surface area contributed by atoms with Crippen LogP contribution in [0.3, 0.4) is 0 Å². The second-order valence-electron chi connectivity index (χ2n) is 6.71. The third-order valence-electron chi connectivity index (χ3n) is 4.07. The molecule has 2 unspecified atom stereocenters. The van der Waals surface area contributed by atoms with Gasteiger partial charge in [-0.25, -0.2) is 4.79 Å². The van der Waals surface area contributed by atoms with Crippen molar-refractivity contribution >= 4 is 11.9 Å². The minimum absolute atomic E-state index is 0.237. The lowest BCUT2D eigenvalue weighted by atomic mass is 9.92. The van der Waals surface area contributed by atoms with E-state index < -0.39 is 12.0 Å². The van der Waals surface area contributed by atoms with Gasteiger partial charge in [0.2, 0.25) is 0 Å². The first-order chi connectivity index (χ1) is 10.9. The molecule has 0 aliphatic carbocycles. The summed E-state index contributed by atoms with van der Waals surface area (Å²) in [7, 11) is 0. The number of hydrogen-bond donors (Lipinski definition) is 1. The Bertz CT molecular complexity index is 570. The van der Waals surface area contributed by atoms with Gasteiger partial charge in [-0.1, -0.05) is 26.8 Å². The molecule has 1 aromatic rings. The quantitative estimate of drug-likeness (QED) is 0.906. The molecule has 1 aliphatic heterocycles. The molecule has 1 aromatic carbocycles. The smallest absolute Gasteiger partial charge is 0.326 e. The number of aliphatic carboxylic acids is 1. The highest BCUT2D eigenvalue weighted by Gasteiger charge is 2.35. The molecule has 126 valence electrons. The molecule has 0 saturated carbocycles. The van der Waals surface area contributed by atoms with Crippen molar-refractivity contribution in [3.63, 3.8) is 0 Å². The maximum atomic E-state index is 12.7. The standard InChI is InChI=1S/C18H25NO4/c1-12(2)11-23-15-6-4-5-14(10-15)17(20)19-8-7-13(3)9-16(19)18(21)22/h4-6,10,12-13,16H,7-9,11H2,1-3H3,(H,21,22). The molecule has 1 fully saturated rings. The van der Waals surface area contributed by atoms with Gasteiger partial charge in [0.25, 0.3) is 5.91 Å². The van der Waals surface area contributed by atoms with Crippen molar-refractivity contribution in [3.8, 4) is 5.75 Å². The topological polar surface area (TPSA) is 66.8 Å². The van der Waals surface area contributed by atoms with E-state index in [1.165, 1.54) is 4.90 Å². The number of ether oxygens (including phenoxy) is 1. The fourth-order valence-electron chi connectivity index (χ4n) is 2.77. The zero-order valence-electron chi connectivity index (χ0n) is 14.0. The molecule has 5 nitrogen and oxygen atoms in total. The second-order valence-corrected chi connectivity index (χ2v) is 6.71. The summed E-state index contributed by atoms with van der Waals surface area (Å²) < 4.78 is 5.65. The van der Waals surface area contributed by atoms with Crippen molar-refractivity contribution in [1.29, 1.82) is 0 Å². The lowest BCUT2D eigenvalue weighted by molar-refractivity contribution is -0.144. The van der Waals surface area contributed by atoms with Gasteiger partial charge in [0.15, 0.2) is 0 Å². The number of carboxylic acid groups (broad SMARTS) is 1. The van der Waals surface area contributed by atoms with Crippen molar-refractivity contribution in [2.45, 2.75) is 39.7 Å². The summed E-state index contributed by atoms with van der Waals surface area (Å²) in [6.45, 7) is 7.20. The van der Waals surface area contributed by atoms with Gasteiger partial charge >= 0.3 is 5.97 Å². The summed E-state index contributed by atoms with van der Waals surface area (Å²) in [4.78, 5) is 25.7. The van der Waals surface area contributed by atoms with Gasteiger partial charge in [0, 0.05) is 12.1 Å². The Morgan fingerprint density at radius 3 is 2.78 bits per heavy atom. The number of benzene rings is 1. The lowest BCUT2D eigenvalue weighted by Crippen LogP contribution is -2.49. The van der Waals surface area contributed by atoms with E-state index in [1.807, 2.05) is 13.0 Å². The van der Waals surface area contributed by atoms with E-state index in [0.29, 0.717) is 42.7 Å². The molecule has 0 radical (unpaired) electrons. The van der Waals surface area contributed by atoms with E-state index >= 15 is 0 Å². The van der Waals surface area contributed by atoms with Gasteiger partial charge in [-0.3, -0.25) is 4.79 Å².